The summed E-state index contributed by atoms with van der Waals surface area (Å²) in [6.45, 7) is 0.305. The van der Waals surface area contributed by atoms with Crippen molar-refractivity contribution in [3.8, 4) is 5.75 Å². The molecular weight excluding hydrogens is 280 g/mol. The van der Waals surface area contributed by atoms with E-state index in [9.17, 15) is 18.3 Å². The summed E-state index contributed by atoms with van der Waals surface area (Å²) in [6, 6.07) is 5.74. The summed E-state index contributed by atoms with van der Waals surface area (Å²) in [5.74, 6) is -0.304. The molecule has 20 heavy (non-hydrogen) atoms. The van der Waals surface area contributed by atoms with Crippen LogP contribution in [0, 0.1) is 0 Å². The number of likely N-dealkylation sites (N-methyl/N-ethyl adjacent to an activating group) is 1. The van der Waals surface area contributed by atoms with Crippen molar-refractivity contribution in [2.75, 3.05) is 19.1 Å². The third-order valence-corrected chi connectivity index (χ3v) is 3.80. The van der Waals surface area contributed by atoms with Gasteiger partial charge in [-0.05, 0) is 24.1 Å². The van der Waals surface area contributed by atoms with E-state index in [1.54, 1.807) is 31.3 Å². The number of benzene rings is 1. The number of nitrogens with two attached hydrogens (primary N) is 1. The topological polar surface area (TPSA) is 101 Å². The monoisotopic (exact) mass is 300 g/mol. The van der Waals surface area contributed by atoms with Gasteiger partial charge in [0.1, 0.15) is 15.6 Å². The van der Waals surface area contributed by atoms with Crippen molar-refractivity contribution in [1.82, 2.24) is 4.90 Å². The molecule has 1 rings (SSSR count). The molecule has 1 atom stereocenters. The highest BCUT2D eigenvalue weighted by Crippen LogP contribution is 2.13. The Morgan fingerprint density at radius 2 is 2.10 bits per heavy atom. The molecule has 0 aliphatic carbocycles. The molecule has 0 aliphatic rings. The zero-order valence-electron chi connectivity index (χ0n) is 11.6. The van der Waals surface area contributed by atoms with Crippen molar-refractivity contribution in [3.05, 3.63) is 29.8 Å². The van der Waals surface area contributed by atoms with E-state index in [0.29, 0.717) is 6.54 Å². The summed E-state index contributed by atoms with van der Waals surface area (Å²) >= 11 is 0. The van der Waals surface area contributed by atoms with Crippen molar-refractivity contribution < 1.29 is 18.3 Å². The Bertz CT molecular complexity index is 571. The second kappa shape index (κ2) is 6.71. The third-order valence-electron chi connectivity index (χ3n) is 2.82. The predicted molar refractivity (Wildman–Crippen MR) is 76.9 cm³/mol. The molecule has 0 saturated heterocycles. The Balaban J connectivity index is 2.58. The Labute approximate surface area is 119 Å². The standard InChI is InChI=1S/C13H20N2O4S/c1-15(9-10-4-3-5-11(16)8-10)13(17)12(14)6-7-20(2,18)19/h3-5,8,12,16H,6-7,9,14H2,1-2H3. The molecule has 1 amide bonds. The van der Waals surface area contributed by atoms with Crippen LogP contribution in [0.4, 0.5) is 0 Å². The Morgan fingerprint density at radius 3 is 2.65 bits per heavy atom. The van der Waals surface area contributed by atoms with Crippen LogP contribution in [0.25, 0.3) is 0 Å². The lowest BCUT2D eigenvalue weighted by atomic mass is 10.1. The minimum Gasteiger partial charge on any atom is -0.508 e. The minimum atomic E-state index is -3.13. The number of rotatable bonds is 6. The molecule has 112 valence electrons. The number of phenols is 1. The average Bonchev–Trinajstić information content (AvgIpc) is 2.34. The first-order valence-electron chi connectivity index (χ1n) is 6.15. The SMILES string of the molecule is CN(Cc1cccc(O)c1)C(=O)C(N)CCS(C)(=O)=O. The fraction of sp³-hybridized carbons (Fsp3) is 0.462. The Morgan fingerprint density at radius 1 is 1.45 bits per heavy atom. The van der Waals surface area contributed by atoms with Gasteiger partial charge in [0.25, 0.3) is 0 Å². The second-order valence-electron chi connectivity index (χ2n) is 4.89. The number of nitrogens with zero attached hydrogens (tertiary/aromatic N) is 1. The number of phenolic OH excluding ortho intramolecular Hbond substituents is 1. The maximum Gasteiger partial charge on any atom is 0.239 e. The molecule has 3 N–H and O–H groups in total. The highest BCUT2D eigenvalue weighted by atomic mass is 32.2. The van der Waals surface area contributed by atoms with Crippen LogP contribution < -0.4 is 5.73 Å². The molecule has 0 spiro atoms. The van der Waals surface area contributed by atoms with E-state index in [1.807, 2.05) is 0 Å². The van der Waals surface area contributed by atoms with Crippen molar-refractivity contribution in [2.45, 2.75) is 19.0 Å². The van der Waals surface area contributed by atoms with E-state index in [-0.39, 0.29) is 23.8 Å². The molecule has 0 radical (unpaired) electrons. The van der Waals surface area contributed by atoms with Crippen LogP contribution in [0.2, 0.25) is 0 Å². The lowest BCUT2D eigenvalue weighted by Gasteiger charge is -2.21. The lowest BCUT2D eigenvalue weighted by molar-refractivity contribution is -0.131. The number of hydrogen-bond donors (Lipinski definition) is 2. The Hall–Kier alpha value is -1.60. The van der Waals surface area contributed by atoms with Gasteiger partial charge in [-0.25, -0.2) is 8.42 Å². The van der Waals surface area contributed by atoms with Crippen molar-refractivity contribution in [2.24, 2.45) is 5.73 Å². The normalized spacial score (nSPS) is 12.9. The van der Waals surface area contributed by atoms with Crippen LogP contribution in [0.5, 0.6) is 5.75 Å². The van der Waals surface area contributed by atoms with Crippen LogP contribution in [-0.2, 0) is 21.2 Å². The van der Waals surface area contributed by atoms with Gasteiger partial charge in [-0.3, -0.25) is 4.79 Å². The molecule has 6 nitrogen and oxygen atoms in total. The Kier molecular flexibility index (Phi) is 5.52. The minimum absolute atomic E-state index is 0.0993. The van der Waals surface area contributed by atoms with Crippen LogP contribution in [-0.4, -0.2) is 49.4 Å². The van der Waals surface area contributed by atoms with E-state index in [0.717, 1.165) is 11.8 Å². The maximum absolute atomic E-state index is 12.0. The molecular formula is C13H20N2O4S. The number of amides is 1. The van der Waals surface area contributed by atoms with Crippen molar-refractivity contribution in [1.29, 1.82) is 0 Å². The molecule has 0 heterocycles. The highest BCUT2D eigenvalue weighted by molar-refractivity contribution is 7.90. The van der Waals surface area contributed by atoms with Crippen LogP contribution in [0.3, 0.4) is 0 Å². The summed E-state index contributed by atoms with van der Waals surface area (Å²) in [5.41, 5.74) is 6.48. The first-order chi connectivity index (χ1) is 9.19. The van der Waals surface area contributed by atoms with Gasteiger partial charge >= 0.3 is 0 Å². The van der Waals surface area contributed by atoms with Gasteiger partial charge in [0.2, 0.25) is 5.91 Å². The number of carbonyl (C=O) groups excluding carboxylic acids is 1. The second-order valence-corrected chi connectivity index (χ2v) is 7.15. The third kappa shape index (κ3) is 5.58. The molecule has 1 unspecified atom stereocenters. The van der Waals surface area contributed by atoms with Crippen molar-refractivity contribution in [3.63, 3.8) is 0 Å². The summed E-state index contributed by atoms with van der Waals surface area (Å²) in [6.07, 6.45) is 1.21. The number of carbonyl (C=O) groups is 1. The molecule has 0 saturated carbocycles. The zero-order valence-corrected chi connectivity index (χ0v) is 12.4. The van der Waals surface area contributed by atoms with Gasteiger partial charge in [0.15, 0.2) is 0 Å². The fourth-order valence-corrected chi connectivity index (χ4v) is 2.44. The molecule has 0 aromatic heterocycles. The quantitative estimate of drug-likeness (QED) is 0.776. The van der Waals surface area contributed by atoms with Gasteiger partial charge in [-0.2, -0.15) is 0 Å². The van der Waals surface area contributed by atoms with Gasteiger partial charge < -0.3 is 15.7 Å². The van der Waals surface area contributed by atoms with E-state index in [2.05, 4.69) is 0 Å². The van der Waals surface area contributed by atoms with Crippen molar-refractivity contribution >= 4 is 15.7 Å². The molecule has 0 aliphatic heterocycles. The fourth-order valence-electron chi connectivity index (χ4n) is 1.75. The summed E-state index contributed by atoms with van der Waals surface area (Å²) in [4.78, 5) is 13.4. The van der Waals surface area contributed by atoms with Gasteiger partial charge in [-0.1, -0.05) is 12.1 Å². The molecule has 0 fully saturated rings. The molecule has 1 aromatic carbocycles. The molecule has 7 heteroatoms. The van der Waals surface area contributed by atoms with Gasteiger partial charge in [0, 0.05) is 19.8 Å². The average molecular weight is 300 g/mol. The van der Waals surface area contributed by atoms with Crippen LogP contribution in [0.1, 0.15) is 12.0 Å². The van der Waals surface area contributed by atoms with Crippen LogP contribution >= 0.6 is 0 Å². The number of aromatic hydroxyl groups is 1. The first kappa shape index (κ1) is 16.5. The zero-order chi connectivity index (χ0) is 15.3. The van der Waals surface area contributed by atoms with Gasteiger partial charge in [0.05, 0.1) is 11.8 Å². The van der Waals surface area contributed by atoms with E-state index >= 15 is 0 Å². The van der Waals surface area contributed by atoms with E-state index in [4.69, 9.17) is 5.73 Å². The predicted octanol–water partition coefficient (Wildman–Crippen LogP) is 0.113. The molecule has 1 aromatic rings. The highest BCUT2D eigenvalue weighted by Gasteiger charge is 2.19. The smallest absolute Gasteiger partial charge is 0.239 e. The van der Waals surface area contributed by atoms with Gasteiger partial charge in [-0.15, -0.1) is 0 Å². The number of sulfone groups is 1. The van der Waals surface area contributed by atoms with E-state index < -0.39 is 15.9 Å². The first-order valence-corrected chi connectivity index (χ1v) is 8.21. The summed E-state index contributed by atoms with van der Waals surface area (Å²) in [7, 11) is -1.54. The largest absolute Gasteiger partial charge is 0.508 e. The summed E-state index contributed by atoms with van der Waals surface area (Å²) in [5, 5.41) is 9.35. The van der Waals surface area contributed by atoms with Crippen LogP contribution in [0.15, 0.2) is 24.3 Å². The lowest BCUT2D eigenvalue weighted by Crippen LogP contribution is -2.42. The number of hydrogen-bond acceptors (Lipinski definition) is 5. The van der Waals surface area contributed by atoms with E-state index in [1.165, 1.54) is 4.90 Å². The summed E-state index contributed by atoms with van der Waals surface area (Å²) < 4.78 is 22.1. The maximum atomic E-state index is 12.0. The molecule has 0 bridgehead atoms.